The van der Waals surface area contributed by atoms with Gasteiger partial charge in [-0.05, 0) is 31.0 Å². The van der Waals surface area contributed by atoms with Crippen LogP contribution in [0.2, 0.25) is 5.02 Å². The molecule has 2 aromatic rings. The van der Waals surface area contributed by atoms with E-state index in [1.807, 2.05) is 13.2 Å². The summed E-state index contributed by atoms with van der Waals surface area (Å²) in [6, 6.07) is 5.23. The zero-order chi connectivity index (χ0) is 15.2. The molecule has 6 heteroatoms. The lowest BCUT2D eigenvalue weighted by Gasteiger charge is -2.18. The normalized spacial score (nSPS) is 12.6. The maximum absolute atomic E-state index is 14.0. The van der Waals surface area contributed by atoms with Gasteiger partial charge in [-0.15, -0.1) is 5.10 Å². The molecule has 1 N–H and O–H groups in total. The van der Waals surface area contributed by atoms with Crippen molar-refractivity contribution in [3.8, 4) is 0 Å². The second-order valence-corrected chi connectivity index (χ2v) is 5.56. The van der Waals surface area contributed by atoms with Crippen molar-refractivity contribution < 1.29 is 4.39 Å². The lowest BCUT2D eigenvalue weighted by molar-refractivity contribution is 0.488. The summed E-state index contributed by atoms with van der Waals surface area (Å²) >= 11 is 5.84. The Kier molecular flexibility index (Phi) is 5.70. The highest BCUT2D eigenvalue weighted by Gasteiger charge is 2.15. The monoisotopic (exact) mass is 310 g/mol. The second-order valence-electron chi connectivity index (χ2n) is 5.16. The fraction of sp³-hybridized carbons (Fsp3) is 0.467. The Balaban J connectivity index is 2.10. The smallest absolute Gasteiger partial charge is 0.145 e. The van der Waals surface area contributed by atoms with E-state index in [2.05, 4.69) is 22.6 Å². The molecule has 0 aliphatic heterocycles. The topological polar surface area (TPSA) is 42.7 Å². The van der Waals surface area contributed by atoms with E-state index in [9.17, 15) is 4.39 Å². The van der Waals surface area contributed by atoms with E-state index in [-0.39, 0.29) is 16.9 Å². The van der Waals surface area contributed by atoms with Gasteiger partial charge in [0.1, 0.15) is 5.82 Å². The predicted molar refractivity (Wildman–Crippen MR) is 81.9 cm³/mol. The molecule has 0 bridgehead atoms. The molecule has 1 atom stereocenters. The first-order valence-electron chi connectivity index (χ1n) is 7.11. The molecule has 0 aliphatic rings. The van der Waals surface area contributed by atoms with Crippen molar-refractivity contribution in [1.29, 1.82) is 0 Å². The number of halogens is 2. The summed E-state index contributed by atoms with van der Waals surface area (Å²) in [5, 5.41) is 11.6. The third-order valence-electron chi connectivity index (χ3n) is 3.29. The van der Waals surface area contributed by atoms with Crippen molar-refractivity contribution in [3.05, 3.63) is 46.5 Å². The van der Waals surface area contributed by atoms with Crippen molar-refractivity contribution in [2.45, 2.75) is 32.2 Å². The van der Waals surface area contributed by atoms with Crippen molar-refractivity contribution in [2.75, 3.05) is 6.54 Å². The quantitative estimate of drug-likeness (QED) is 0.855. The summed E-state index contributed by atoms with van der Waals surface area (Å²) in [6.07, 6.45) is 4.19. The summed E-state index contributed by atoms with van der Waals surface area (Å²) in [5.74, 6) is -0.332. The van der Waals surface area contributed by atoms with Crippen LogP contribution in [0.15, 0.2) is 24.4 Å². The van der Waals surface area contributed by atoms with Crippen LogP contribution >= 0.6 is 11.6 Å². The molecule has 1 aromatic heterocycles. The summed E-state index contributed by atoms with van der Waals surface area (Å²) in [6.45, 7) is 2.99. The summed E-state index contributed by atoms with van der Waals surface area (Å²) in [7, 11) is 1.83. The van der Waals surface area contributed by atoms with Crippen molar-refractivity contribution in [3.63, 3.8) is 0 Å². The van der Waals surface area contributed by atoms with Gasteiger partial charge in [-0.3, -0.25) is 4.68 Å². The standard InChI is InChI=1S/C15H20ClFN4/c1-3-7-18-12(9-13-10-21(2)20-19-13)8-11-5-4-6-14(16)15(11)17/h4-6,10,12,18H,3,7-9H2,1-2H3. The van der Waals surface area contributed by atoms with E-state index in [0.717, 1.165) is 18.7 Å². The molecule has 114 valence electrons. The van der Waals surface area contributed by atoms with E-state index in [0.29, 0.717) is 18.4 Å². The van der Waals surface area contributed by atoms with E-state index in [4.69, 9.17) is 11.6 Å². The van der Waals surface area contributed by atoms with Crippen LogP contribution in [-0.2, 0) is 19.9 Å². The molecule has 0 radical (unpaired) electrons. The van der Waals surface area contributed by atoms with Gasteiger partial charge in [-0.25, -0.2) is 4.39 Å². The van der Waals surface area contributed by atoms with E-state index in [1.165, 1.54) is 0 Å². The first-order valence-corrected chi connectivity index (χ1v) is 7.49. The SMILES string of the molecule is CCCNC(Cc1cn(C)nn1)Cc1cccc(Cl)c1F. The van der Waals surface area contributed by atoms with Crippen LogP contribution in [0.25, 0.3) is 0 Å². The average Bonchev–Trinajstić information content (AvgIpc) is 2.86. The molecule has 0 saturated heterocycles. The van der Waals surface area contributed by atoms with Gasteiger partial charge in [0.15, 0.2) is 0 Å². The molecule has 1 aromatic carbocycles. The number of aryl methyl sites for hydroxylation is 1. The minimum absolute atomic E-state index is 0.106. The van der Waals surface area contributed by atoms with Gasteiger partial charge >= 0.3 is 0 Å². The van der Waals surface area contributed by atoms with Crippen LogP contribution in [0.5, 0.6) is 0 Å². The van der Waals surface area contributed by atoms with Crippen LogP contribution in [0, 0.1) is 5.82 Å². The van der Waals surface area contributed by atoms with E-state index >= 15 is 0 Å². The van der Waals surface area contributed by atoms with Gasteiger partial charge in [0, 0.05) is 25.7 Å². The van der Waals surface area contributed by atoms with Gasteiger partial charge in [-0.1, -0.05) is 35.9 Å². The Bertz CT molecular complexity index is 585. The fourth-order valence-corrected chi connectivity index (χ4v) is 2.47. The highest BCUT2D eigenvalue weighted by molar-refractivity contribution is 6.30. The lowest BCUT2D eigenvalue weighted by Crippen LogP contribution is -2.34. The van der Waals surface area contributed by atoms with Crippen LogP contribution in [-0.4, -0.2) is 27.6 Å². The maximum Gasteiger partial charge on any atom is 0.145 e. The van der Waals surface area contributed by atoms with E-state index in [1.54, 1.807) is 22.9 Å². The Morgan fingerprint density at radius 1 is 1.38 bits per heavy atom. The lowest BCUT2D eigenvalue weighted by atomic mass is 10.0. The van der Waals surface area contributed by atoms with Crippen LogP contribution < -0.4 is 5.32 Å². The number of benzene rings is 1. The molecular formula is C15H20ClFN4. The van der Waals surface area contributed by atoms with Crippen molar-refractivity contribution in [1.82, 2.24) is 20.3 Å². The average molecular weight is 311 g/mol. The molecule has 0 amide bonds. The Morgan fingerprint density at radius 2 is 2.19 bits per heavy atom. The first-order chi connectivity index (χ1) is 10.1. The second kappa shape index (κ2) is 7.52. The molecule has 0 spiro atoms. The zero-order valence-corrected chi connectivity index (χ0v) is 13.1. The maximum atomic E-state index is 14.0. The minimum Gasteiger partial charge on any atom is -0.313 e. The molecular weight excluding hydrogens is 291 g/mol. The van der Waals surface area contributed by atoms with Crippen molar-refractivity contribution in [2.24, 2.45) is 7.05 Å². The number of nitrogens with zero attached hydrogens (tertiary/aromatic N) is 3. The Morgan fingerprint density at radius 3 is 2.86 bits per heavy atom. The molecule has 0 fully saturated rings. The number of hydrogen-bond acceptors (Lipinski definition) is 3. The molecule has 0 aliphatic carbocycles. The predicted octanol–water partition coefficient (Wildman–Crippen LogP) is 2.76. The van der Waals surface area contributed by atoms with Gasteiger partial charge < -0.3 is 5.32 Å². The molecule has 21 heavy (non-hydrogen) atoms. The number of aromatic nitrogens is 3. The van der Waals surface area contributed by atoms with Crippen LogP contribution in [0.1, 0.15) is 24.6 Å². The highest BCUT2D eigenvalue weighted by atomic mass is 35.5. The van der Waals surface area contributed by atoms with Gasteiger partial charge in [0.05, 0.1) is 10.7 Å². The summed E-state index contributed by atoms with van der Waals surface area (Å²) in [4.78, 5) is 0. The molecule has 0 saturated carbocycles. The Labute approximate surface area is 129 Å². The zero-order valence-electron chi connectivity index (χ0n) is 12.3. The van der Waals surface area contributed by atoms with Gasteiger partial charge in [0.25, 0.3) is 0 Å². The van der Waals surface area contributed by atoms with Crippen LogP contribution in [0.3, 0.4) is 0 Å². The fourth-order valence-electron chi connectivity index (χ4n) is 2.28. The highest BCUT2D eigenvalue weighted by Crippen LogP contribution is 2.19. The summed E-state index contributed by atoms with van der Waals surface area (Å²) < 4.78 is 15.7. The van der Waals surface area contributed by atoms with Crippen molar-refractivity contribution >= 4 is 11.6 Å². The third kappa shape index (κ3) is 4.51. The first kappa shape index (κ1) is 15.9. The largest absolute Gasteiger partial charge is 0.313 e. The summed E-state index contributed by atoms with van der Waals surface area (Å²) in [5.41, 5.74) is 1.52. The molecule has 1 unspecified atom stereocenters. The van der Waals surface area contributed by atoms with Gasteiger partial charge in [0.2, 0.25) is 0 Å². The number of rotatable bonds is 7. The molecule has 1 heterocycles. The van der Waals surface area contributed by atoms with Crippen LogP contribution in [0.4, 0.5) is 4.39 Å². The number of nitrogens with one attached hydrogen (secondary N) is 1. The number of hydrogen-bond donors (Lipinski definition) is 1. The molecule has 4 nitrogen and oxygen atoms in total. The third-order valence-corrected chi connectivity index (χ3v) is 3.58. The van der Waals surface area contributed by atoms with E-state index < -0.39 is 0 Å². The minimum atomic E-state index is -0.332. The van der Waals surface area contributed by atoms with Gasteiger partial charge in [-0.2, -0.15) is 0 Å². The Hall–Kier alpha value is -1.46. The molecule has 2 rings (SSSR count).